The van der Waals surface area contributed by atoms with Crippen LogP contribution in [-0.4, -0.2) is 36.2 Å². The third kappa shape index (κ3) is 5.03. The van der Waals surface area contributed by atoms with E-state index in [-0.39, 0.29) is 6.61 Å². The lowest BCUT2D eigenvalue weighted by Crippen LogP contribution is -2.43. The van der Waals surface area contributed by atoms with E-state index in [1.54, 1.807) is 6.92 Å². The largest absolute Gasteiger partial charge is 0.490 e. The number of ether oxygens (including phenoxy) is 2. The van der Waals surface area contributed by atoms with E-state index in [0.717, 1.165) is 0 Å². The molecule has 0 saturated carbocycles. The van der Waals surface area contributed by atoms with Gasteiger partial charge in [-0.15, -0.1) is 0 Å². The molecule has 1 aromatic rings. The normalized spacial score (nSPS) is 11.1. The molecule has 0 aromatic heterocycles. The van der Waals surface area contributed by atoms with Gasteiger partial charge in [-0.05, 0) is 19.1 Å². The number of carbonyl (C=O) groups is 2. The number of benzene rings is 1. The van der Waals surface area contributed by atoms with Crippen molar-refractivity contribution in [3.8, 4) is 17.6 Å². The maximum absolute atomic E-state index is 11.0. The number of hydrogen-bond donors (Lipinski definition) is 2. The number of carboxylic acids is 1. The lowest BCUT2D eigenvalue weighted by Gasteiger charge is -2.16. The minimum Gasteiger partial charge on any atom is -0.490 e. The van der Waals surface area contributed by atoms with Crippen molar-refractivity contribution in [2.24, 2.45) is 0 Å². The zero-order chi connectivity index (χ0) is 15.8. The minimum atomic E-state index is -1.20. The molecule has 0 radical (unpaired) electrons. The Kier molecular flexibility index (Phi) is 6.01. The van der Waals surface area contributed by atoms with E-state index < -0.39 is 17.9 Å². The standard InChI is InChI=1S/C14H16N2O5/c1-3-20-13-6-10(7-15)4-5-12(13)21-8-11(14(18)19)16-9(2)17/h4-6,11H,3,8H2,1-2H3,(H,16,17)(H,18,19). The Morgan fingerprint density at radius 2 is 2.10 bits per heavy atom. The molecule has 0 aliphatic rings. The second-order valence-electron chi connectivity index (χ2n) is 4.11. The molecule has 0 spiro atoms. The first kappa shape index (κ1) is 16.3. The number of amides is 1. The number of nitrogens with zero attached hydrogens (tertiary/aromatic N) is 1. The van der Waals surface area contributed by atoms with Gasteiger partial charge in [0.15, 0.2) is 17.5 Å². The second-order valence-corrected chi connectivity index (χ2v) is 4.11. The molecule has 7 heteroatoms. The van der Waals surface area contributed by atoms with Gasteiger partial charge < -0.3 is 19.9 Å². The molecule has 2 N–H and O–H groups in total. The van der Waals surface area contributed by atoms with Crippen molar-refractivity contribution in [1.29, 1.82) is 5.26 Å². The van der Waals surface area contributed by atoms with E-state index in [4.69, 9.17) is 19.8 Å². The molecule has 0 fully saturated rings. The maximum atomic E-state index is 11.0. The highest BCUT2D eigenvalue weighted by molar-refractivity contribution is 5.82. The minimum absolute atomic E-state index is 0.249. The van der Waals surface area contributed by atoms with Crippen molar-refractivity contribution in [3.05, 3.63) is 23.8 Å². The summed E-state index contributed by atoms with van der Waals surface area (Å²) >= 11 is 0. The van der Waals surface area contributed by atoms with E-state index >= 15 is 0 Å². The first-order valence-electron chi connectivity index (χ1n) is 6.27. The van der Waals surface area contributed by atoms with Crippen LogP contribution < -0.4 is 14.8 Å². The predicted octanol–water partition coefficient (Wildman–Crippen LogP) is 0.925. The Hall–Kier alpha value is -2.75. The van der Waals surface area contributed by atoms with Gasteiger partial charge >= 0.3 is 5.97 Å². The molecule has 0 aliphatic carbocycles. The van der Waals surface area contributed by atoms with Crippen molar-refractivity contribution < 1.29 is 24.2 Å². The second kappa shape index (κ2) is 7.75. The number of nitrogens with one attached hydrogen (secondary N) is 1. The van der Waals surface area contributed by atoms with Crippen LogP contribution in [0.15, 0.2) is 18.2 Å². The van der Waals surface area contributed by atoms with E-state index in [9.17, 15) is 9.59 Å². The first-order chi connectivity index (χ1) is 9.97. The number of aliphatic carboxylic acids is 1. The van der Waals surface area contributed by atoms with Gasteiger partial charge in [0.25, 0.3) is 0 Å². The quantitative estimate of drug-likeness (QED) is 0.773. The highest BCUT2D eigenvalue weighted by Crippen LogP contribution is 2.28. The Balaban J connectivity index is 2.84. The summed E-state index contributed by atoms with van der Waals surface area (Å²) in [7, 11) is 0. The van der Waals surface area contributed by atoms with Crippen LogP contribution in [-0.2, 0) is 9.59 Å². The number of rotatable bonds is 7. The molecule has 1 amide bonds. The zero-order valence-corrected chi connectivity index (χ0v) is 11.8. The van der Waals surface area contributed by atoms with Crippen molar-refractivity contribution in [2.45, 2.75) is 19.9 Å². The number of hydrogen-bond acceptors (Lipinski definition) is 5. The topological polar surface area (TPSA) is 109 Å². The van der Waals surface area contributed by atoms with E-state index in [1.165, 1.54) is 25.1 Å². The fourth-order valence-corrected chi connectivity index (χ4v) is 1.56. The molecule has 112 valence electrons. The third-order valence-electron chi connectivity index (χ3n) is 2.45. The highest BCUT2D eigenvalue weighted by atomic mass is 16.5. The van der Waals surface area contributed by atoms with Crippen LogP contribution in [0.5, 0.6) is 11.5 Å². The van der Waals surface area contributed by atoms with Crippen LogP contribution in [0.1, 0.15) is 19.4 Å². The van der Waals surface area contributed by atoms with E-state index in [1.807, 2.05) is 6.07 Å². The van der Waals surface area contributed by atoms with Crippen molar-refractivity contribution in [2.75, 3.05) is 13.2 Å². The van der Waals surface area contributed by atoms with Crippen LogP contribution in [0.3, 0.4) is 0 Å². The summed E-state index contributed by atoms with van der Waals surface area (Å²) in [5.74, 6) is -0.997. The molecule has 0 heterocycles. The Morgan fingerprint density at radius 1 is 1.38 bits per heavy atom. The molecular weight excluding hydrogens is 276 g/mol. The lowest BCUT2D eigenvalue weighted by atomic mass is 10.2. The summed E-state index contributed by atoms with van der Waals surface area (Å²) in [6.45, 7) is 3.13. The number of carbonyl (C=O) groups excluding carboxylic acids is 1. The molecule has 21 heavy (non-hydrogen) atoms. The summed E-state index contributed by atoms with van der Waals surface area (Å²) in [6.07, 6.45) is 0. The molecule has 7 nitrogen and oxygen atoms in total. The van der Waals surface area contributed by atoms with Crippen LogP contribution in [0, 0.1) is 11.3 Å². The molecule has 0 bridgehead atoms. The molecule has 1 atom stereocenters. The Labute approximate surface area is 122 Å². The summed E-state index contributed by atoms with van der Waals surface area (Å²) in [5.41, 5.74) is 0.405. The average Bonchev–Trinajstić information content (AvgIpc) is 2.44. The molecule has 1 rings (SSSR count). The highest BCUT2D eigenvalue weighted by Gasteiger charge is 2.20. The van der Waals surface area contributed by atoms with Gasteiger partial charge in [0.05, 0.1) is 18.2 Å². The number of nitriles is 1. The molecular formula is C14H16N2O5. The molecule has 0 saturated heterocycles. The van der Waals surface area contributed by atoms with E-state index in [0.29, 0.717) is 23.7 Å². The summed E-state index contributed by atoms with van der Waals surface area (Å²) in [6, 6.07) is 5.38. The van der Waals surface area contributed by atoms with Gasteiger partial charge in [-0.2, -0.15) is 5.26 Å². The van der Waals surface area contributed by atoms with Crippen LogP contribution >= 0.6 is 0 Å². The fraction of sp³-hybridized carbons (Fsp3) is 0.357. The van der Waals surface area contributed by atoms with Crippen molar-refractivity contribution in [1.82, 2.24) is 5.32 Å². The van der Waals surface area contributed by atoms with Gasteiger partial charge in [0.1, 0.15) is 6.61 Å². The SMILES string of the molecule is CCOc1cc(C#N)ccc1OCC(NC(C)=O)C(=O)O. The smallest absolute Gasteiger partial charge is 0.329 e. The summed E-state index contributed by atoms with van der Waals surface area (Å²) in [5, 5.41) is 20.1. The maximum Gasteiger partial charge on any atom is 0.329 e. The van der Waals surface area contributed by atoms with Crippen LogP contribution in [0.2, 0.25) is 0 Å². The summed E-state index contributed by atoms with van der Waals surface area (Å²) in [4.78, 5) is 21.9. The van der Waals surface area contributed by atoms with Crippen molar-refractivity contribution >= 4 is 11.9 Å². The lowest BCUT2D eigenvalue weighted by molar-refractivity contribution is -0.142. The predicted molar refractivity (Wildman–Crippen MR) is 73.1 cm³/mol. The molecule has 1 unspecified atom stereocenters. The van der Waals surface area contributed by atoms with Gasteiger partial charge in [-0.25, -0.2) is 4.79 Å². The summed E-state index contributed by atoms with van der Waals surface area (Å²) < 4.78 is 10.7. The van der Waals surface area contributed by atoms with Crippen molar-refractivity contribution in [3.63, 3.8) is 0 Å². The molecule has 1 aromatic carbocycles. The molecule has 0 aliphatic heterocycles. The zero-order valence-electron chi connectivity index (χ0n) is 11.8. The van der Waals surface area contributed by atoms with Gasteiger partial charge in [0, 0.05) is 13.0 Å². The monoisotopic (exact) mass is 292 g/mol. The van der Waals surface area contributed by atoms with E-state index in [2.05, 4.69) is 5.32 Å². The number of carboxylic acid groups (broad SMARTS) is 1. The third-order valence-corrected chi connectivity index (χ3v) is 2.45. The van der Waals surface area contributed by atoms with Gasteiger partial charge in [0.2, 0.25) is 5.91 Å². The Bertz CT molecular complexity index is 565. The van der Waals surface area contributed by atoms with Crippen LogP contribution in [0.25, 0.3) is 0 Å². The Morgan fingerprint density at radius 3 is 2.62 bits per heavy atom. The van der Waals surface area contributed by atoms with Gasteiger partial charge in [-0.1, -0.05) is 0 Å². The van der Waals surface area contributed by atoms with Crippen LogP contribution in [0.4, 0.5) is 0 Å². The van der Waals surface area contributed by atoms with Gasteiger partial charge in [-0.3, -0.25) is 4.79 Å². The first-order valence-corrected chi connectivity index (χ1v) is 6.27. The average molecular weight is 292 g/mol. The fourth-order valence-electron chi connectivity index (χ4n) is 1.56.